The van der Waals surface area contributed by atoms with Crippen molar-refractivity contribution in [3.8, 4) is 17.0 Å². The third-order valence-corrected chi connectivity index (χ3v) is 4.09. The number of ether oxygens (including phenoxy) is 1. The Labute approximate surface area is 150 Å². The van der Waals surface area contributed by atoms with Gasteiger partial charge in [-0.2, -0.15) is 0 Å². The normalized spacial score (nSPS) is 10.4. The molecule has 0 unspecified atom stereocenters. The molecule has 0 amide bonds. The second-order valence-corrected chi connectivity index (χ2v) is 5.51. The molecule has 1 aromatic heterocycles. The van der Waals surface area contributed by atoms with E-state index in [4.69, 9.17) is 22.7 Å². The summed E-state index contributed by atoms with van der Waals surface area (Å²) in [7, 11) is 1.64. The first-order valence-corrected chi connectivity index (χ1v) is 7.67. The number of benzene rings is 2. The van der Waals surface area contributed by atoms with Crippen molar-refractivity contribution in [2.75, 3.05) is 13.7 Å². The molecule has 126 valence electrons. The quantitative estimate of drug-likeness (QED) is 0.698. The van der Waals surface area contributed by atoms with Crippen LogP contribution in [0.15, 0.2) is 47.3 Å². The maximum Gasteiger partial charge on any atom is 0.252 e. The number of hydrogen-bond donors (Lipinski definition) is 2. The summed E-state index contributed by atoms with van der Waals surface area (Å²) < 4.78 is 7.65. The molecule has 7 heteroatoms. The third-order valence-electron chi connectivity index (χ3n) is 3.77. The van der Waals surface area contributed by atoms with Crippen LogP contribution in [0.5, 0.6) is 5.75 Å². The van der Waals surface area contributed by atoms with Gasteiger partial charge in [0.25, 0.3) is 5.56 Å². The first kappa shape index (κ1) is 18.2. The Morgan fingerprint density at radius 2 is 1.92 bits per heavy atom. The zero-order chi connectivity index (χ0) is 16.4. The molecule has 0 atom stereocenters. The molecule has 3 aromatic rings. The predicted octanol–water partition coefficient (Wildman–Crippen LogP) is 3.12. The molecule has 0 spiro atoms. The lowest BCUT2D eigenvalue weighted by atomic mass is 10.0. The molecule has 0 bridgehead atoms. The van der Waals surface area contributed by atoms with E-state index in [1.165, 1.54) is 0 Å². The molecule has 0 aliphatic carbocycles. The fourth-order valence-electron chi connectivity index (χ4n) is 2.77. The Morgan fingerprint density at radius 1 is 1.21 bits per heavy atom. The van der Waals surface area contributed by atoms with Crippen LogP contribution in [0.4, 0.5) is 0 Å². The van der Waals surface area contributed by atoms with E-state index in [1.54, 1.807) is 13.2 Å². The van der Waals surface area contributed by atoms with E-state index < -0.39 is 0 Å². The van der Waals surface area contributed by atoms with Crippen LogP contribution in [0.3, 0.4) is 0 Å². The van der Waals surface area contributed by atoms with Gasteiger partial charge in [0.2, 0.25) is 0 Å². The highest BCUT2D eigenvalue weighted by atomic mass is 35.5. The number of methoxy groups -OCH3 is 1. The number of halogens is 1. The highest BCUT2D eigenvalue weighted by molar-refractivity contribution is 7.71. The average Bonchev–Trinajstić information content (AvgIpc) is 2.56. The van der Waals surface area contributed by atoms with Crippen LogP contribution in [0.25, 0.3) is 22.0 Å². The van der Waals surface area contributed by atoms with Crippen molar-refractivity contribution in [2.45, 2.75) is 6.54 Å². The largest absolute Gasteiger partial charge is 0.496 e. The SMILES string of the molecule is COc1ccc(-c2cc(=O)[nH]c(=S)n2CCN)c2ccccc12.Cl. The van der Waals surface area contributed by atoms with Crippen molar-refractivity contribution < 1.29 is 4.74 Å². The fraction of sp³-hybridized carbons (Fsp3) is 0.176. The molecular weight excluding hydrogens is 346 g/mol. The van der Waals surface area contributed by atoms with Gasteiger partial charge in [0, 0.05) is 30.1 Å². The maximum atomic E-state index is 11.9. The van der Waals surface area contributed by atoms with Crippen molar-refractivity contribution >= 4 is 35.4 Å². The van der Waals surface area contributed by atoms with Crippen molar-refractivity contribution in [1.82, 2.24) is 9.55 Å². The van der Waals surface area contributed by atoms with Crippen molar-refractivity contribution in [1.29, 1.82) is 0 Å². The maximum absolute atomic E-state index is 11.9. The van der Waals surface area contributed by atoms with Crippen LogP contribution < -0.4 is 16.0 Å². The van der Waals surface area contributed by atoms with Gasteiger partial charge in [-0.15, -0.1) is 12.4 Å². The highest BCUT2D eigenvalue weighted by Gasteiger charge is 2.12. The van der Waals surface area contributed by atoms with Gasteiger partial charge < -0.3 is 15.0 Å². The molecule has 0 radical (unpaired) electrons. The van der Waals surface area contributed by atoms with Gasteiger partial charge in [0.1, 0.15) is 5.75 Å². The van der Waals surface area contributed by atoms with Gasteiger partial charge in [0.05, 0.1) is 12.8 Å². The molecule has 0 aliphatic heterocycles. The first-order valence-electron chi connectivity index (χ1n) is 7.26. The van der Waals surface area contributed by atoms with E-state index in [1.807, 2.05) is 41.0 Å². The summed E-state index contributed by atoms with van der Waals surface area (Å²) >= 11 is 5.29. The number of fused-ring (bicyclic) bond motifs is 1. The van der Waals surface area contributed by atoms with Gasteiger partial charge in [0.15, 0.2) is 4.77 Å². The highest BCUT2D eigenvalue weighted by Crippen LogP contribution is 2.33. The van der Waals surface area contributed by atoms with Gasteiger partial charge in [-0.1, -0.05) is 24.3 Å². The average molecular weight is 364 g/mol. The minimum Gasteiger partial charge on any atom is -0.496 e. The molecule has 3 N–H and O–H groups in total. The Balaban J connectivity index is 0.00000208. The minimum absolute atomic E-state index is 0. The lowest BCUT2D eigenvalue weighted by Crippen LogP contribution is -2.18. The van der Waals surface area contributed by atoms with Crippen LogP contribution in [-0.2, 0) is 6.54 Å². The molecule has 5 nitrogen and oxygen atoms in total. The topological polar surface area (TPSA) is 73.0 Å². The van der Waals surface area contributed by atoms with Crippen molar-refractivity contribution in [2.24, 2.45) is 5.73 Å². The molecule has 0 fully saturated rings. The Kier molecular flexibility index (Phi) is 5.77. The molecule has 3 rings (SSSR count). The Bertz CT molecular complexity index is 981. The van der Waals surface area contributed by atoms with E-state index >= 15 is 0 Å². The number of nitrogens with two attached hydrogens (primary N) is 1. The van der Waals surface area contributed by atoms with Gasteiger partial charge in [-0.05, 0) is 29.7 Å². The monoisotopic (exact) mass is 363 g/mol. The van der Waals surface area contributed by atoms with Crippen LogP contribution in [0.2, 0.25) is 0 Å². The number of nitrogens with one attached hydrogen (secondary N) is 1. The smallest absolute Gasteiger partial charge is 0.252 e. The fourth-order valence-corrected chi connectivity index (χ4v) is 3.06. The summed E-state index contributed by atoms with van der Waals surface area (Å²) in [5, 5.41) is 1.98. The summed E-state index contributed by atoms with van der Waals surface area (Å²) in [5.41, 5.74) is 7.15. The van der Waals surface area contributed by atoms with Gasteiger partial charge >= 0.3 is 0 Å². The summed E-state index contributed by atoms with van der Waals surface area (Å²) in [6.07, 6.45) is 0. The lowest BCUT2D eigenvalue weighted by molar-refractivity contribution is 0.420. The Hall–Kier alpha value is -2.15. The molecule has 0 saturated carbocycles. The van der Waals surface area contributed by atoms with Crippen LogP contribution in [0, 0.1) is 4.77 Å². The van der Waals surface area contributed by atoms with E-state index in [9.17, 15) is 4.79 Å². The van der Waals surface area contributed by atoms with Crippen LogP contribution >= 0.6 is 24.6 Å². The third kappa shape index (κ3) is 3.21. The van der Waals surface area contributed by atoms with Crippen molar-refractivity contribution in [3.05, 3.63) is 57.6 Å². The number of aromatic nitrogens is 2. The van der Waals surface area contributed by atoms with Crippen LogP contribution in [-0.4, -0.2) is 23.2 Å². The minimum atomic E-state index is -0.224. The Morgan fingerprint density at radius 3 is 2.58 bits per heavy atom. The number of H-pyrrole nitrogens is 1. The number of aromatic amines is 1. The zero-order valence-electron chi connectivity index (χ0n) is 13.1. The van der Waals surface area contributed by atoms with Crippen LogP contribution in [0.1, 0.15) is 0 Å². The molecule has 0 saturated heterocycles. The van der Waals surface area contributed by atoms with Gasteiger partial charge in [-0.25, -0.2) is 0 Å². The number of rotatable bonds is 4. The summed E-state index contributed by atoms with van der Waals surface area (Å²) in [4.78, 5) is 14.6. The second kappa shape index (κ2) is 7.61. The number of hydrogen-bond acceptors (Lipinski definition) is 4. The van der Waals surface area contributed by atoms with Gasteiger partial charge in [-0.3, -0.25) is 9.78 Å². The van der Waals surface area contributed by atoms with E-state index in [0.717, 1.165) is 27.8 Å². The standard InChI is InChI=1S/C17H17N3O2S.ClH/c1-22-15-7-6-12(11-4-2-3-5-13(11)15)14-10-16(21)19-17(23)20(14)9-8-18;/h2-7,10H,8-9,18H2,1H3,(H,19,21,23);1H. The molecule has 24 heavy (non-hydrogen) atoms. The second-order valence-electron chi connectivity index (χ2n) is 5.13. The zero-order valence-corrected chi connectivity index (χ0v) is 14.7. The van der Waals surface area contributed by atoms with E-state index in [0.29, 0.717) is 17.9 Å². The van der Waals surface area contributed by atoms with E-state index in [-0.39, 0.29) is 18.0 Å². The molecule has 2 aromatic carbocycles. The first-order chi connectivity index (χ1) is 11.2. The van der Waals surface area contributed by atoms with E-state index in [2.05, 4.69) is 4.98 Å². The summed E-state index contributed by atoms with van der Waals surface area (Å²) in [6, 6.07) is 13.3. The summed E-state index contributed by atoms with van der Waals surface area (Å²) in [5.74, 6) is 0.790. The molecule has 0 aliphatic rings. The predicted molar refractivity (Wildman–Crippen MR) is 102 cm³/mol. The number of nitrogens with zero attached hydrogens (tertiary/aromatic N) is 1. The molecular formula is C17H18ClN3O2S. The molecule has 1 heterocycles. The summed E-state index contributed by atoms with van der Waals surface area (Å²) in [6.45, 7) is 0.965. The lowest BCUT2D eigenvalue weighted by Gasteiger charge is -2.15. The van der Waals surface area contributed by atoms with Crippen molar-refractivity contribution in [3.63, 3.8) is 0 Å².